The second-order valence-electron chi connectivity index (χ2n) is 4.46. The molecule has 3 nitrogen and oxygen atoms in total. The fraction of sp³-hybridized carbons (Fsp3) is 0.400. The van der Waals surface area contributed by atoms with E-state index in [1.807, 2.05) is 18.2 Å². The summed E-state index contributed by atoms with van der Waals surface area (Å²) in [5, 5.41) is 8.94. The summed E-state index contributed by atoms with van der Waals surface area (Å²) in [4.78, 5) is 5.95. The van der Waals surface area contributed by atoms with Gasteiger partial charge in [-0.3, -0.25) is 0 Å². The molecule has 2 rings (SSSR count). The Morgan fingerprint density at radius 2 is 2.00 bits per heavy atom. The van der Waals surface area contributed by atoms with Crippen LogP contribution >= 0.6 is 11.3 Å². The topological polar surface area (TPSA) is 37.0 Å². The first kappa shape index (κ1) is 13.9. The van der Waals surface area contributed by atoms with Crippen molar-refractivity contribution in [3.63, 3.8) is 0 Å². The Morgan fingerprint density at radius 1 is 1.16 bits per heavy atom. The molecule has 0 fully saturated rings. The molecule has 1 atom stereocenters. The minimum absolute atomic E-state index is 0.342. The molecular formula is C15H21N3S. The Labute approximate surface area is 119 Å². The summed E-state index contributed by atoms with van der Waals surface area (Å²) in [5.74, 6) is 1.87. The van der Waals surface area contributed by atoms with E-state index in [9.17, 15) is 0 Å². The van der Waals surface area contributed by atoms with Gasteiger partial charge in [0.05, 0.1) is 6.04 Å². The van der Waals surface area contributed by atoms with Crippen LogP contribution in [0.2, 0.25) is 0 Å². The van der Waals surface area contributed by atoms with Crippen molar-refractivity contribution in [3.8, 4) is 0 Å². The van der Waals surface area contributed by atoms with Gasteiger partial charge in [-0.1, -0.05) is 26.0 Å². The Hall–Kier alpha value is -1.55. The van der Waals surface area contributed by atoms with Gasteiger partial charge in [0.2, 0.25) is 0 Å². The molecule has 0 radical (unpaired) electrons. The maximum Gasteiger partial charge on any atom is 0.128 e. The van der Waals surface area contributed by atoms with E-state index < -0.39 is 0 Å². The lowest BCUT2D eigenvalue weighted by molar-refractivity contribution is 0.759. The first-order chi connectivity index (χ1) is 9.33. The summed E-state index contributed by atoms with van der Waals surface area (Å²) in [7, 11) is 0. The highest BCUT2D eigenvalue weighted by molar-refractivity contribution is 7.10. The summed E-state index contributed by atoms with van der Waals surface area (Å²) in [5.41, 5.74) is 0. The number of nitrogens with zero attached hydrogens (tertiary/aromatic N) is 1. The molecule has 0 bridgehead atoms. The summed E-state index contributed by atoms with van der Waals surface area (Å²) >= 11 is 1.79. The Balaban J connectivity index is 2.05. The molecule has 19 heavy (non-hydrogen) atoms. The number of anilines is 2. The SMILES string of the molecule is CCCNc1cccc(NC(CC)c2cccs2)n1. The van der Waals surface area contributed by atoms with Crippen molar-refractivity contribution in [3.05, 3.63) is 40.6 Å². The molecule has 0 amide bonds. The van der Waals surface area contributed by atoms with E-state index in [-0.39, 0.29) is 0 Å². The molecule has 2 aromatic rings. The number of hydrogen-bond donors (Lipinski definition) is 2. The van der Waals surface area contributed by atoms with Gasteiger partial charge in [-0.25, -0.2) is 4.98 Å². The van der Waals surface area contributed by atoms with Crippen molar-refractivity contribution in [2.75, 3.05) is 17.2 Å². The molecule has 0 aliphatic carbocycles. The molecule has 0 aromatic carbocycles. The predicted octanol–water partition coefficient (Wildman–Crippen LogP) is 4.53. The lowest BCUT2D eigenvalue weighted by atomic mass is 10.2. The van der Waals surface area contributed by atoms with Crippen LogP contribution < -0.4 is 10.6 Å². The zero-order valence-electron chi connectivity index (χ0n) is 11.5. The van der Waals surface area contributed by atoms with E-state index >= 15 is 0 Å². The summed E-state index contributed by atoms with van der Waals surface area (Å²) in [6.07, 6.45) is 2.15. The lowest BCUT2D eigenvalue weighted by Gasteiger charge is -2.16. The number of thiophene rings is 1. The van der Waals surface area contributed by atoms with E-state index in [1.165, 1.54) is 4.88 Å². The Kier molecular flexibility index (Phi) is 5.21. The molecule has 2 aromatic heterocycles. The van der Waals surface area contributed by atoms with Crippen LogP contribution in [0.3, 0.4) is 0 Å². The fourth-order valence-corrected chi connectivity index (χ4v) is 2.77. The van der Waals surface area contributed by atoms with Crippen LogP contribution in [0.15, 0.2) is 35.7 Å². The second-order valence-corrected chi connectivity index (χ2v) is 5.43. The highest BCUT2D eigenvalue weighted by Crippen LogP contribution is 2.25. The predicted molar refractivity (Wildman–Crippen MR) is 84.0 cm³/mol. The molecule has 2 heterocycles. The van der Waals surface area contributed by atoms with E-state index in [2.05, 4.69) is 47.0 Å². The third-order valence-electron chi connectivity index (χ3n) is 2.92. The van der Waals surface area contributed by atoms with Gasteiger partial charge in [0.25, 0.3) is 0 Å². The van der Waals surface area contributed by atoms with Gasteiger partial charge in [-0.2, -0.15) is 0 Å². The van der Waals surface area contributed by atoms with Crippen molar-refractivity contribution < 1.29 is 0 Å². The molecule has 102 valence electrons. The smallest absolute Gasteiger partial charge is 0.128 e. The zero-order valence-corrected chi connectivity index (χ0v) is 12.3. The lowest BCUT2D eigenvalue weighted by Crippen LogP contribution is -2.10. The highest BCUT2D eigenvalue weighted by atomic mass is 32.1. The van der Waals surface area contributed by atoms with Gasteiger partial charge in [0, 0.05) is 11.4 Å². The third kappa shape index (κ3) is 3.96. The van der Waals surface area contributed by atoms with E-state index in [1.54, 1.807) is 11.3 Å². The molecule has 0 spiro atoms. The van der Waals surface area contributed by atoms with Crippen LogP contribution in [0, 0.1) is 0 Å². The van der Waals surface area contributed by atoms with Crippen molar-refractivity contribution in [1.82, 2.24) is 4.98 Å². The molecule has 2 N–H and O–H groups in total. The van der Waals surface area contributed by atoms with Gasteiger partial charge in [-0.05, 0) is 36.4 Å². The molecule has 0 saturated heterocycles. The summed E-state index contributed by atoms with van der Waals surface area (Å²) < 4.78 is 0. The van der Waals surface area contributed by atoms with E-state index in [4.69, 9.17) is 0 Å². The first-order valence-electron chi connectivity index (χ1n) is 6.84. The van der Waals surface area contributed by atoms with E-state index in [0.29, 0.717) is 6.04 Å². The average molecular weight is 275 g/mol. The van der Waals surface area contributed by atoms with Gasteiger partial charge < -0.3 is 10.6 Å². The minimum Gasteiger partial charge on any atom is -0.370 e. The van der Waals surface area contributed by atoms with Crippen molar-refractivity contribution in [2.45, 2.75) is 32.7 Å². The third-order valence-corrected chi connectivity index (χ3v) is 3.91. The van der Waals surface area contributed by atoms with Crippen molar-refractivity contribution >= 4 is 23.0 Å². The minimum atomic E-state index is 0.342. The molecule has 0 aliphatic heterocycles. The Morgan fingerprint density at radius 3 is 2.68 bits per heavy atom. The molecule has 1 unspecified atom stereocenters. The zero-order chi connectivity index (χ0) is 13.5. The number of rotatable bonds is 7. The number of nitrogens with one attached hydrogen (secondary N) is 2. The summed E-state index contributed by atoms with van der Waals surface area (Å²) in [6.45, 7) is 5.30. The molecule has 4 heteroatoms. The van der Waals surface area contributed by atoms with Gasteiger partial charge in [0.1, 0.15) is 11.6 Å². The van der Waals surface area contributed by atoms with Crippen molar-refractivity contribution in [1.29, 1.82) is 0 Å². The highest BCUT2D eigenvalue weighted by Gasteiger charge is 2.10. The van der Waals surface area contributed by atoms with Gasteiger partial charge >= 0.3 is 0 Å². The standard InChI is InChI=1S/C15H21N3S/c1-3-10-16-14-8-5-9-15(18-14)17-12(4-2)13-7-6-11-19-13/h5-9,11-12H,3-4,10H2,1-2H3,(H2,16,17,18). The summed E-state index contributed by atoms with van der Waals surface area (Å²) in [6, 6.07) is 10.7. The monoisotopic (exact) mass is 275 g/mol. The number of pyridine rings is 1. The van der Waals surface area contributed by atoms with Crippen LogP contribution in [0.5, 0.6) is 0 Å². The largest absolute Gasteiger partial charge is 0.370 e. The van der Waals surface area contributed by atoms with E-state index in [0.717, 1.165) is 31.0 Å². The second kappa shape index (κ2) is 7.14. The van der Waals surface area contributed by atoms with Crippen molar-refractivity contribution in [2.24, 2.45) is 0 Å². The number of aromatic nitrogens is 1. The molecular weight excluding hydrogens is 254 g/mol. The van der Waals surface area contributed by atoms with Crippen LogP contribution in [0.4, 0.5) is 11.6 Å². The maximum absolute atomic E-state index is 4.59. The number of hydrogen-bond acceptors (Lipinski definition) is 4. The average Bonchev–Trinajstić information content (AvgIpc) is 2.97. The van der Waals surface area contributed by atoms with Crippen LogP contribution in [-0.4, -0.2) is 11.5 Å². The quantitative estimate of drug-likeness (QED) is 0.779. The molecule has 0 aliphatic rings. The maximum atomic E-state index is 4.59. The van der Waals surface area contributed by atoms with Crippen LogP contribution in [0.1, 0.15) is 37.6 Å². The van der Waals surface area contributed by atoms with Crippen LogP contribution in [-0.2, 0) is 0 Å². The van der Waals surface area contributed by atoms with Crippen LogP contribution in [0.25, 0.3) is 0 Å². The van der Waals surface area contributed by atoms with Gasteiger partial charge in [-0.15, -0.1) is 11.3 Å². The van der Waals surface area contributed by atoms with Gasteiger partial charge in [0.15, 0.2) is 0 Å². The Bertz CT molecular complexity index is 482. The normalized spacial score (nSPS) is 12.1. The fourth-order valence-electron chi connectivity index (χ4n) is 1.91. The first-order valence-corrected chi connectivity index (χ1v) is 7.72. The molecule has 0 saturated carbocycles.